The topological polar surface area (TPSA) is 15.3 Å². The van der Waals surface area contributed by atoms with Crippen LogP contribution in [0, 0.1) is 0 Å². The van der Waals surface area contributed by atoms with Crippen LogP contribution in [0.25, 0.3) is 0 Å². The molecule has 1 aliphatic carbocycles. The second kappa shape index (κ2) is 5.41. The predicted molar refractivity (Wildman–Crippen MR) is 76.0 cm³/mol. The van der Waals surface area contributed by atoms with Crippen molar-refractivity contribution in [3.05, 3.63) is 35.4 Å². The highest BCUT2D eigenvalue weighted by molar-refractivity contribution is 5.32. The maximum atomic E-state index is 3.53. The Morgan fingerprint density at radius 1 is 1.33 bits per heavy atom. The molecule has 98 valence electrons. The van der Waals surface area contributed by atoms with Crippen molar-refractivity contribution in [3.63, 3.8) is 0 Å². The van der Waals surface area contributed by atoms with E-state index in [0.29, 0.717) is 6.04 Å². The summed E-state index contributed by atoms with van der Waals surface area (Å²) in [7, 11) is 0. The van der Waals surface area contributed by atoms with Crippen LogP contribution in [0.2, 0.25) is 0 Å². The van der Waals surface area contributed by atoms with Gasteiger partial charge in [0.15, 0.2) is 0 Å². The molecule has 0 bridgehead atoms. The molecule has 0 aromatic heterocycles. The van der Waals surface area contributed by atoms with Crippen LogP contribution in [0.1, 0.15) is 36.8 Å². The molecule has 2 nitrogen and oxygen atoms in total. The van der Waals surface area contributed by atoms with Gasteiger partial charge in [0.25, 0.3) is 0 Å². The van der Waals surface area contributed by atoms with Crippen molar-refractivity contribution in [2.75, 3.05) is 26.2 Å². The van der Waals surface area contributed by atoms with Crippen LogP contribution in [-0.2, 0) is 6.42 Å². The van der Waals surface area contributed by atoms with Gasteiger partial charge in [-0.15, -0.1) is 0 Å². The molecule has 1 unspecified atom stereocenters. The first-order valence-corrected chi connectivity index (χ1v) is 7.36. The Morgan fingerprint density at radius 3 is 3.11 bits per heavy atom. The quantitative estimate of drug-likeness (QED) is 0.859. The first-order valence-electron chi connectivity index (χ1n) is 7.36. The predicted octanol–water partition coefficient (Wildman–Crippen LogP) is 2.40. The van der Waals surface area contributed by atoms with Crippen LogP contribution < -0.4 is 5.32 Å². The highest BCUT2D eigenvalue weighted by Crippen LogP contribution is 2.32. The van der Waals surface area contributed by atoms with Gasteiger partial charge in [-0.2, -0.15) is 0 Å². The fraction of sp³-hybridized carbons (Fsp3) is 0.625. The fourth-order valence-corrected chi connectivity index (χ4v) is 3.53. The third kappa shape index (κ3) is 2.60. The minimum absolute atomic E-state index is 0.651. The zero-order valence-electron chi connectivity index (χ0n) is 11.4. The summed E-state index contributed by atoms with van der Waals surface area (Å²) in [4.78, 5) is 2.65. The molecule has 18 heavy (non-hydrogen) atoms. The van der Waals surface area contributed by atoms with E-state index in [1.807, 2.05) is 0 Å². The van der Waals surface area contributed by atoms with Crippen molar-refractivity contribution < 1.29 is 0 Å². The molecule has 0 amide bonds. The minimum atomic E-state index is 0.651. The molecule has 1 aromatic carbocycles. The van der Waals surface area contributed by atoms with Gasteiger partial charge in [-0.25, -0.2) is 0 Å². The SMILES string of the molecule is C[C@H]1CN(CC2CCCc3ccccc32)CCN1. The second-order valence-electron chi connectivity index (χ2n) is 5.90. The van der Waals surface area contributed by atoms with Crippen LogP contribution in [-0.4, -0.2) is 37.1 Å². The van der Waals surface area contributed by atoms with Crippen molar-refractivity contribution in [1.82, 2.24) is 10.2 Å². The number of nitrogens with zero attached hydrogens (tertiary/aromatic N) is 1. The van der Waals surface area contributed by atoms with E-state index >= 15 is 0 Å². The molecular weight excluding hydrogens is 220 g/mol. The van der Waals surface area contributed by atoms with Gasteiger partial charge in [-0.1, -0.05) is 24.3 Å². The van der Waals surface area contributed by atoms with E-state index in [0.717, 1.165) is 12.5 Å². The summed E-state index contributed by atoms with van der Waals surface area (Å²) < 4.78 is 0. The van der Waals surface area contributed by atoms with Crippen LogP contribution in [0.3, 0.4) is 0 Å². The van der Waals surface area contributed by atoms with Gasteiger partial charge in [0, 0.05) is 32.2 Å². The molecule has 1 aromatic rings. The number of rotatable bonds is 2. The lowest BCUT2D eigenvalue weighted by Crippen LogP contribution is -2.50. The van der Waals surface area contributed by atoms with E-state index in [1.54, 1.807) is 11.1 Å². The summed E-state index contributed by atoms with van der Waals surface area (Å²) >= 11 is 0. The normalized spacial score (nSPS) is 28.9. The first kappa shape index (κ1) is 12.2. The van der Waals surface area contributed by atoms with Crippen molar-refractivity contribution >= 4 is 0 Å². The van der Waals surface area contributed by atoms with Crippen molar-refractivity contribution in [2.45, 2.75) is 38.1 Å². The molecule has 0 spiro atoms. The van der Waals surface area contributed by atoms with Crippen LogP contribution in [0.15, 0.2) is 24.3 Å². The zero-order chi connectivity index (χ0) is 12.4. The number of hydrogen-bond donors (Lipinski definition) is 1. The molecule has 2 heteroatoms. The van der Waals surface area contributed by atoms with Crippen LogP contribution in [0.4, 0.5) is 0 Å². The molecule has 2 aliphatic rings. The number of fused-ring (bicyclic) bond motifs is 1. The Bertz CT molecular complexity index is 402. The highest BCUT2D eigenvalue weighted by Gasteiger charge is 2.24. The Labute approximate surface area is 110 Å². The lowest BCUT2D eigenvalue weighted by molar-refractivity contribution is 0.191. The minimum Gasteiger partial charge on any atom is -0.312 e. The third-order valence-electron chi connectivity index (χ3n) is 4.43. The van der Waals surface area contributed by atoms with Crippen LogP contribution in [0.5, 0.6) is 0 Å². The lowest BCUT2D eigenvalue weighted by Gasteiger charge is -2.36. The summed E-state index contributed by atoms with van der Waals surface area (Å²) in [5.41, 5.74) is 3.21. The Balaban J connectivity index is 1.70. The second-order valence-corrected chi connectivity index (χ2v) is 5.90. The highest BCUT2D eigenvalue weighted by atomic mass is 15.2. The summed E-state index contributed by atoms with van der Waals surface area (Å²) in [6, 6.07) is 9.72. The summed E-state index contributed by atoms with van der Waals surface area (Å²) in [5.74, 6) is 0.764. The molecule has 1 fully saturated rings. The molecule has 1 saturated heterocycles. The monoisotopic (exact) mass is 244 g/mol. The van der Waals surface area contributed by atoms with E-state index in [1.165, 1.54) is 38.9 Å². The van der Waals surface area contributed by atoms with E-state index in [9.17, 15) is 0 Å². The van der Waals surface area contributed by atoms with Gasteiger partial charge < -0.3 is 5.32 Å². The number of nitrogens with one attached hydrogen (secondary N) is 1. The fourth-order valence-electron chi connectivity index (χ4n) is 3.53. The third-order valence-corrected chi connectivity index (χ3v) is 4.43. The van der Waals surface area contributed by atoms with E-state index < -0.39 is 0 Å². The average Bonchev–Trinajstić information content (AvgIpc) is 2.39. The van der Waals surface area contributed by atoms with Gasteiger partial charge in [0.2, 0.25) is 0 Å². The molecule has 0 radical (unpaired) electrons. The standard InChI is InChI=1S/C16H24N2/c1-13-11-18(10-9-17-13)12-15-7-4-6-14-5-2-3-8-16(14)15/h2-3,5,8,13,15,17H,4,6-7,9-12H2,1H3/t13-,15?/m0/s1. The van der Waals surface area contributed by atoms with Crippen molar-refractivity contribution in [1.29, 1.82) is 0 Å². The molecule has 0 saturated carbocycles. The molecule has 1 aliphatic heterocycles. The summed E-state index contributed by atoms with van der Waals surface area (Å²) in [5, 5.41) is 3.53. The Morgan fingerprint density at radius 2 is 2.22 bits per heavy atom. The molecule has 2 atom stereocenters. The van der Waals surface area contributed by atoms with Gasteiger partial charge >= 0.3 is 0 Å². The average molecular weight is 244 g/mol. The zero-order valence-corrected chi connectivity index (χ0v) is 11.4. The van der Waals surface area contributed by atoms with Crippen LogP contribution >= 0.6 is 0 Å². The van der Waals surface area contributed by atoms with Gasteiger partial charge in [-0.05, 0) is 43.2 Å². The van der Waals surface area contributed by atoms with E-state index in [2.05, 4.69) is 41.4 Å². The van der Waals surface area contributed by atoms with Crippen molar-refractivity contribution in [2.24, 2.45) is 0 Å². The number of piperazine rings is 1. The maximum Gasteiger partial charge on any atom is 0.0167 e. The van der Waals surface area contributed by atoms with Crippen molar-refractivity contribution in [3.8, 4) is 0 Å². The Kier molecular flexibility index (Phi) is 3.67. The molecule has 3 rings (SSSR count). The van der Waals surface area contributed by atoms with Gasteiger partial charge in [0.1, 0.15) is 0 Å². The molecular formula is C16H24N2. The first-order chi connectivity index (χ1) is 8.83. The van der Waals surface area contributed by atoms with Gasteiger partial charge in [-0.3, -0.25) is 4.90 Å². The molecule has 1 heterocycles. The summed E-state index contributed by atoms with van der Waals surface area (Å²) in [6.45, 7) is 7.11. The lowest BCUT2D eigenvalue weighted by atomic mass is 9.82. The number of aryl methyl sites for hydroxylation is 1. The summed E-state index contributed by atoms with van der Waals surface area (Å²) in [6.07, 6.45) is 4.02. The largest absolute Gasteiger partial charge is 0.312 e. The van der Waals surface area contributed by atoms with E-state index in [4.69, 9.17) is 0 Å². The Hall–Kier alpha value is -0.860. The maximum absolute atomic E-state index is 3.53. The van der Waals surface area contributed by atoms with Gasteiger partial charge in [0.05, 0.1) is 0 Å². The molecule has 1 N–H and O–H groups in total. The number of benzene rings is 1. The van der Waals surface area contributed by atoms with E-state index in [-0.39, 0.29) is 0 Å². The smallest absolute Gasteiger partial charge is 0.0167 e. The number of hydrogen-bond acceptors (Lipinski definition) is 2.